The largest absolute Gasteiger partial charge is 0.505 e. The maximum absolute atomic E-state index is 12.1. The minimum Gasteiger partial charge on any atom is -0.505 e. The molecule has 1 heterocycles. The van der Waals surface area contributed by atoms with Gasteiger partial charge in [0.25, 0.3) is 6.43 Å². The van der Waals surface area contributed by atoms with E-state index in [0.717, 1.165) is 6.07 Å². The van der Waals surface area contributed by atoms with Crippen molar-refractivity contribution in [2.75, 3.05) is 5.73 Å². The molecule has 1 rings (SSSR count). The number of aromatic hydroxyl groups is 1. The predicted molar refractivity (Wildman–Crippen MR) is 40.0 cm³/mol. The number of alkyl halides is 2. The summed E-state index contributed by atoms with van der Waals surface area (Å²) in [7, 11) is 0. The molecule has 0 unspecified atom stereocenters. The minimum atomic E-state index is -2.95. The first-order chi connectivity index (χ1) is 6.06. The number of hydrogen-bond donors (Lipinski definition) is 2. The molecule has 1 aromatic heterocycles. The van der Waals surface area contributed by atoms with Crippen LogP contribution >= 0.6 is 0 Å². The van der Waals surface area contributed by atoms with E-state index in [9.17, 15) is 8.78 Å². The molecule has 0 aromatic carbocycles. The molecule has 0 fully saturated rings. The molecule has 13 heavy (non-hydrogen) atoms. The first-order valence-electron chi connectivity index (χ1n) is 3.24. The number of nitriles is 1. The van der Waals surface area contributed by atoms with E-state index in [1.54, 1.807) is 0 Å². The molecule has 0 aliphatic carbocycles. The summed E-state index contributed by atoms with van der Waals surface area (Å²) >= 11 is 0. The van der Waals surface area contributed by atoms with E-state index in [-0.39, 0.29) is 11.4 Å². The van der Waals surface area contributed by atoms with Crippen LogP contribution in [0.15, 0.2) is 6.07 Å². The third-order valence-corrected chi connectivity index (χ3v) is 1.37. The Hall–Kier alpha value is -1.90. The summed E-state index contributed by atoms with van der Waals surface area (Å²) in [5, 5.41) is 17.5. The fourth-order valence-corrected chi connectivity index (χ4v) is 0.816. The van der Waals surface area contributed by atoms with Crippen molar-refractivity contribution in [1.29, 1.82) is 5.26 Å². The summed E-state index contributed by atoms with van der Waals surface area (Å²) in [6.07, 6.45) is -2.95. The Morgan fingerprint density at radius 3 is 2.69 bits per heavy atom. The molecular formula is C7H5F2N3O. The molecule has 0 radical (unpaired) electrons. The Balaban J connectivity index is 3.38. The average Bonchev–Trinajstić information content (AvgIpc) is 2.08. The van der Waals surface area contributed by atoms with Crippen LogP contribution in [-0.2, 0) is 0 Å². The van der Waals surface area contributed by atoms with Crippen molar-refractivity contribution < 1.29 is 13.9 Å². The van der Waals surface area contributed by atoms with Gasteiger partial charge in [0.2, 0.25) is 0 Å². The molecule has 0 bridgehead atoms. The van der Waals surface area contributed by atoms with Crippen LogP contribution in [0.3, 0.4) is 0 Å². The van der Waals surface area contributed by atoms with E-state index in [1.807, 2.05) is 0 Å². The van der Waals surface area contributed by atoms with Crippen molar-refractivity contribution in [2.24, 2.45) is 0 Å². The Morgan fingerprint density at radius 1 is 1.62 bits per heavy atom. The van der Waals surface area contributed by atoms with E-state index in [1.165, 1.54) is 6.07 Å². The molecule has 1 aromatic rings. The predicted octanol–water partition coefficient (Wildman–Crippen LogP) is 1.18. The van der Waals surface area contributed by atoms with Crippen molar-refractivity contribution in [1.82, 2.24) is 4.98 Å². The van der Waals surface area contributed by atoms with Crippen LogP contribution in [0.25, 0.3) is 0 Å². The molecule has 0 saturated heterocycles. The van der Waals surface area contributed by atoms with Gasteiger partial charge in [-0.3, -0.25) is 0 Å². The lowest BCUT2D eigenvalue weighted by molar-refractivity contribution is 0.142. The van der Waals surface area contributed by atoms with Crippen LogP contribution in [-0.4, -0.2) is 10.1 Å². The lowest BCUT2D eigenvalue weighted by atomic mass is 10.2. The highest BCUT2D eigenvalue weighted by Crippen LogP contribution is 2.29. The number of anilines is 1. The van der Waals surface area contributed by atoms with Crippen LogP contribution in [0.5, 0.6) is 5.75 Å². The van der Waals surface area contributed by atoms with Crippen molar-refractivity contribution in [3.8, 4) is 11.8 Å². The number of aromatic nitrogens is 1. The quantitative estimate of drug-likeness (QED) is 0.688. The number of rotatable bonds is 1. The minimum absolute atomic E-state index is 0.218. The summed E-state index contributed by atoms with van der Waals surface area (Å²) in [5.41, 5.74) is 3.97. The summed E-state index contributed by atoms with van der Waals surface area (Å²) in [4.78, 5) is 3.21. The second kappa shape index (κ2) is 3.23. The van der Waals surface area contributed by atoms with Gasteiger partial charge >= 0.3 is 0 Å². The van der Waals surface area contributed by atoms with E-state index in [2.05, 4.69) is 4.98 Å². The van der Waals surface area contributed by atoms with Gasteiger partial charge in [0, 0.05) is 6.07 Å². The number of pyridine rings is 1. The van der Waals surface area contributed by atoms with Gasteiger partial charge in [-0.2, -0.15) is 5.26 Å². The summed E-state index contributed by atoms with van der Waals surface area (Å²) < 4.78 is 24.3. The van der Waals surface area contributed by atoms with Crippen molar-refractivity contribution in [3.63, 3.8) is 0 Å². The normalized spacial score (nSPS) is 10.0. The van der Waals surface area contributed by atoms with E-state index in [0.29, 0.717) is 0 Å². The summed E-state index contributed by atoms with van der Waals surface area (Å²) in [6, 6.07) is 2.56. The second-order valence-electron chi connectivity index (χ2n) is 2.24. The van der Waals surface area contributed by atoms with Gasteiger partial charge in [-0.05, 0) is 0 Å². The van der Waals surface area contributed by atoms with Crippen LogP contribution in [0.1, 0.15) is 17.7 Å². The van der Waals surface area contributed by atoms with Crippen LogP contribution < -0.4 is 5.73 Å². The van der Waals surface area contributed by atoms with Gasteiger partial charge in [0.1, 0.15) is 11.9 Å². The zero-order chi connectivity index (χ0) is 10.0. The third-order valence-electron chi connectivity index (χ3n) is 1.37. The lowest BCUT2D eigenvalue weighted by Crippen LogP contribution is -1.98. The standard InChI is InChI=1S/C7H5F2N3O/c8-7(9)5-6(13)3(2-10)1-4(11)12-5/h1,7,13H,(H2,11,12). The highest BCUT2D eigenvalue weighted by Gasteiger charge is 2.18. The average molecular weight is 185 g/mol. The highest BCUT2D eigenvalue weighted by atomic mass is 19.3. The molecule has 6 heteroatoms. The Bertz CT molecular complexity index is 373. The number of hydrogen-bond acceptors (Lipinski definition) is 4. The Morgan fingerprint density at radius 2 is 2.23 bits per heavy atom. The smallest absolute Gasteiger partial charge is 0.284 e. The molecular weight excluding hydrogens is 180 g/mol. The monoisotopic (exact) mass is 185 g/mol. The molecule has 0 amide bonds. The fraction of sp³-hybridized carbons (Fsp3) is 0.143. The van der Waals surface area contributed by atoms with Crippen molar-refractivity contribution in [3.05, 3.63) is 17.3 Å². The number of nitrogens with two attached hydrogens (primary N) is 1. The van der Waals surface area contributed by atoms with Gasteiger partial charge in [-0.1, -0.05) is 0 Å². The number of nitrogens with zero attached hydrogens (tertiary/aromatic N) is 2. The summed E-state index contributed by atoms with van der Waals surface area (Å²) in [6.45, 7) is 0. The zero-order valence-electron chi connectivity index (χ0n) is 6.33. The van der Waals surface area contributed by atoms with Crippen LogP contribution in [0.4, 0.5) is 14.6 Å². The van der Waals surface area contributed by atoms with Gasteiger partial charge in [-0.15, -0.1) is 0 Å². The van der Waals surface area contributed by atoms with Gasteiger partial charge in [-0.25, -0.2) is 13.8 Å². The second-order valence-corrected chi connectivity index (χ2v) is 2.24. The van der Waals surface area contributed by atoms with Crippen molar-refractivity contribution >= 4 is 5.82 Å². The molecule has 0 spiro atoms. The molecule has 0 saturated carbocycles. The van der Waals surface area contributed by atoms with Gasteiger partial charge in [0.15, 0.2) is 11.4 Å². The first kappa shape index (κ1) is 9.19. The Labute approximate surface area is 72.2 Å². The van der Waals surface area contributed by atoms with Crippen molar-refractivity contribution in [2.45, 2.75) is 6.43 Å². The molecule has 3 N–H and O–H groups in total. The molecule has 4 nitrogen and oxygen atoms in total. The first-order valence-corrected chi connectivity index (χ1v) is 3.24. The van der Waals surface area contributed by atoms with Crippen LogP contribution in [0.2, 0.25) is 0 Å². The van der Waals surface area contributed by atoms with E-state index < -0.39 is 17.9 Å². The number of nitrogen functional groups attached to an aromatic ring is 1. The third kappa shape index (κ3) is 1.64. The lowest BCUT2D eigenvalue weighted by Gasteiger charge is -2.04. The molecule has 0 aliphatic rings. The zero-order valence-corrected chi connectivity index (χ0v) is 6.33. The maximum Gasteiger partial charge on any atom is 0.284 e. The summed E-state index contributed by atoms with van der Waals surface area (Å²) in [5.74, 6) is -1.03. The van der Waals surface area contributed by atoms with Crippen LogP contribution in [0, 0.1) is 11.3 Å². The highest BCUT2D eigenvalue weighted by molar-refractivity contribution is 5.51. The Kier molecular flexibility index (Phi) is 2.28. The number of halogens is 2. The maximum atomic E-state index is 12.1. The van der Waals surface area contributed by atoms with E-state index in [4.69, 9.17) is 16.1 Å². The fourth-order valence-electron chi connectivity index (χ4n) is 0.816. The topological polar surface area (TPSA) is 82.9 Å². The van der Waals surface area contributed by atoms with Gasteiger partial charge in [0.05, 0.1) is 5.56 Å². The van der Waals surface area contributed by atoms with E-state index >= 15 is 0 Å². The SMILES string of the molecule is N#Cc1cc(N)nc(C(F)F)c1O. The molecule has 0 aliphatic heterocycles. The van der Waals surface area contributed by atoms with Gasteiger partial charge < -0.3 is 10.8 Å². The molecule has 68 valence electrons. The molecule has 0 atom stereocenters.